The van der Waals surface area contributed by atoms with Crippen molar-refractivity contribution in [2.45, 2.75) is 64.1 Å². The van der Waals surface area contributed by atoms with E-state index in [1.54, 1.807) is 48.8 Å². The molecule has 3 atom stereocenters. The maximum absolute atomic E-state index is 14.5. The van der Waals surface area contributed by atoms with Gasteiger partial charge in [0.2, 0.25) is 11.8 Å². The topological polar surface area (TPSA) is 114 Å². The SMILES string of the molecule is CCNC(=O)N[C@H](Cc1ccccc1)C(=O)N(CCc1ccccc1)C[C@@H]1CCCN1C(=O)/C(=C\Cc1ccccc1)NC(=O)[C@H](C)N(C)[IH+]. The third-order valence-corrected chi connectivity index (χ3v) is 9.82. The number of halogens is 1. The van der Waals surface area contributed by atoms with E-state index in [2.05, 4.69) is 16.0 Å². The molecule has 1 fully saturated rings. The number of hydrogen-bond donors (Lipinski definition) is 3. The highest BCUT2D eigenvalue weighted by atomic mass is 127. The number of carbonyl (C=O) groups is 4. The zero-order chi connectivity index (χ0) is 35.9. The first-order valence-corrected chi connectivity index (χ1v) is 18.4. The molecular weight excluding hydrogens is 743 g/mol. The first-order chi connectivity index (χ1) is 24.2. The number of allylic oxidation sites excluding steroid dienone is 1. The van der Waals surface area contributed by atoms with Crippen LogP contribution < -0.4 is 38.8 Å². The van der Waals surface area contributed by atoms with Crippen LogP contribution >= 0.6 is 0 Å². The number of nitrogens with one attached hydrogen (secondary N) is 3. The van der Waals surface area contributed by atoms with Crippen molar-refractivity contribution >= 4 is 23.8 Å². The number of hydrogen-bond acceptors (Lipinski definition) is 5. The summed E-state index contributed by atoms with van der Waals surface area (Å²) in [6.07, 6.45) is 4.70. The molecule has 10 nitrogen and oxygen atoms in total. The van der Waals surface area contributed by atoms with Crippen LogP contribution in [0.4, 0.5) is 4.79 Å². The largest absolute Gasteiger partial charge is 0.371 e. The van der Waals surface area contributed by atoms with Crippen molar-refractivity contribution in [3.05, 3.63) is 119 Å². The summed E-state index contributed by atoms with van der Waals surface area (Å²) in [6.45, 7) is 5.28. The highest BCUT2D eigenvalue weighted by Gasteiger charge is 2.36. The van der Waals surface area contributed by atoms with Crippen molar-refractivity contribution in [1.29, 1.82) is 0 Å². The summed E-state index contributed by atoms with van der Waals surface area (Å²) in [7, 11) is 1.83. The molecule has 11 heteroatoms. The van der Waals surface area contributed by atoms with E-state index in [0.29, 0.717) is 51.9 Å². The minimum atomic E-state index is -0.807. The second-order valence-electron chi connectivity index (χ2n) is 12.6. The maximum Gasteiger partial charge on any atom is 0.371 e. The van der Waals surface area contributed by atoms with Crippen LogP contribution in [0.5, 0.6) is 0 Å². The van der Waals surface area contributed by atoms with Crippen molar-refractivity contribution in [3.63, 3.8) is 0 Å². The molecule has 50 heavy (non-hydrogen) atoms. The predicted octanol–water partition coefficient (Wildman–Crippen LogP) is 0.743. The average Bonchev–Trinajstić information content (AvgIpc) is 3.60. The first-order valence-electron chi connectivity index (χ1n) is 17.3. The maximum atomic E-state index is 14.5. The lowest BCUT2D eigenvalue weighted by molar-refractivity contribution is -0.572. The summed E-state index contributed by atoms with van der Waals surface area (Å²) < 4.78 is 1.81. The summed E-state index contributed by atoms with van der Waals surface area (Å²) in [5, 5.41) is 8.59. The number of nitrogens with zero attached hydrogens (tertiary/aromatic N) is 3. The van der Waals surface area contributed by atoms with Crippen molar-refractivity contribution in [1.82, 2.24) is 28.9 Å². The standard InChI is InChI=1S/C39H49IN6O4/c1-4-41-39(50)43-35(27-32-19-12-7-13-20-32)37(48)45(26-24-31-17-10-6-11-18-31)28-33-21-14-25-46(33)38(49)34(42-36(47)29(2)44(3)40)23-22-30-15-8-5-9-16-30/h5-13,15-20,23,29,33,35,40H,4,14,21-22,24-28H2,1-3H3,(H2-,41,42,43,47,50)/p+1/b34-23+/t29-,33-,35+/m0/s1. The van der Waals surface area contributed by atoms with Crippen molar-refractivity contribution in [2.24, 2.45) is 0 Å². The molecule has 3 N–H and O–H groups in total. The lowest BCUT2D eigenvalue weighted by Gasteiger charge is -2.34. The molecule has 0 saturated carbocycles. The van der Waals surface area contributed by atoms with Gasteiger partial charge in [-0.25, -0.2) is 4.79 Å². The summed E-state index contributed by atoms with van der Waals surface area (Å²) in [6, 6.07) is 27.5. The van der Waals surface area contributed by atoms with E-state index in [-0.39, 0.29) is 29.5 Å². The molecule has 266 valence electrons. The molecule has 3 aromatic carbocycles. The predicted molar refractivity (Wildman–Crippen MR) is 193 cm³/mol. The Bertz CT molecular complexity index is 1570. The van der Waals surface area contributed by atoms with Crippen LogP contribution in [0.1, 0.15) is 43.4 Å². The molecule has 1 heterocycles. The van der Waals surface area contributed by atoms with Gasteiger partial charge in [-0.15, -0.1) is 0 Å². The fourth-order valence-electron chi connectivity index (χ4n) is 5.97. The fraction of sp³-hybridized carbons (Fsp3) is 0.385. The van der Waals surface area contributed by atoms with Crippen molar-refractivity contribution in [3.8, 4) is 0 Å². The van der Waals surface area contributed by atoms with Gasteiger partial charge in [0.1, 0.15) is 17.8 Å². The summed E-state index contributed by atoms with van der Waals surface area (Å²) in [4.78, 5) is 58.3. The Balaban J connectivity index is 1.61. The summed E-state index contributed by atoms with van der Waals surface area (Å²) in [5.41, 5.74) is 3.28. The van der Waals surface area contributed by atoms with Gasteiger partial charge in [0, 0.05) is 45.7 Å². The number of amides is 5. The van der Waals surface area contributed by atoms with Gasteiger partial charge >= 0.3 is 28.9 Å². The van der Waals surface area contributed by atoms with Gasteiger partial charge in [-0.3, -0.25) is 14.4 Å². The molecule has 0 unspecified atom stereocenters. The molecular formula is C39H50IN6O4+. The number of carbonyl (C=O) groups excluding carboxylic acids is 4. The van der Waals surface area contributed by atoms with Crippen molar-refractivity contribution in [2.75, 3.05) is 33.2 Å². The van der Waals surface area contributed by atoms with Crippen molar-refractivity contribution < 1.29 is 42.0 Å². The molecule has 3 aromatic rings. The molecule has 0 aromatic heterocycles. The molecule has 4 rings (SSSR count). The Hall–Kier alpha value is -4.23. The Kier molecular flexibility index (Phi) is 15.3. The van der Waals surface area contributed by atoms with Crippen LogP contribution in [-0.2, 0) is 33.6 Å². The molecule has 1 saturated heterocycles. The Morgan fingerprint density at radius 2 is 1.52 bits per heavy atom. The van der Waals surface area contributed by atoms with Crippen LogP contribution in [0.15, 0.2) is 103 Å². The zero-order valence-corrected chi connectivity index (χ0v) is 31.5. The molecule has 0 aliphatic carbocycles. The molecule has 0 radical (unpaired) electrons. The second kappa shape index (κ2) is 19.8. The highest BCUT2D eigenvalue weighted by molar-refractivity contribution is 5.98. The monoisotopic (exact) mass is 793 g/mol. The minimum Gasteiger partial charge on any atom is -0.339 e. The normalized spacial score (nSPS) is 15.7. The molecule has 0 spiro atoms. The van der Waals surface area contributed by atoms with Gasteiger partial charge in [0.05, 0.1) is 0 Å². The third-order valence-electron chi connectivity index (χ3n) is 8.92. The average molecular weight is 794 g/mol. The number of likely N-dealkylation sites (tertiary alicyclic amines) is 1. The summed E-state index contributed by atoms with van der Waals surface area (Å²) in [5.74, 6) is -0.732. The van der Waals surface area contributed by atoms with Gasteiger partial charge in [0.25, 0.3) is 5.91 Å². The fourth-order valence-corrected chi connectivity index (χ4v) is 6.24. The molecule has 0 bridgehead atoms. The molecule has 1 aliphatic heterocycles. The third kappa shape index (κ3) is 11.7. The minimum absolute atomic E-state index is 0.205. The van der Waals surface area contributed by atoms with E-state index in [4.69, 9.17) is 0 Å². The van der Waals surface area contributed by atoms with E-state index in [1.165, 1.54) is 0 Å². The van der Waals surface area contributed by atoms with E-state index < -0.39 is 18.1 Å². The summed E-state index contributed by atoms with van der Waals surface area (Å²) >= 11 is 1.74. The van der Waals surface area contributed by atoms with Crippen LogP contribution in [0, 0.1) is 0 Å². The quantitative estimate of drug-likeness (QED) is 0.113. The van der Waals surface area contributed by atoms with E-state index in [0.717, 1.165) is 23.1 Å². The van der Waals surface area contributed by atoms with E-state index >= 15 is 0 Å². The van der Waals surface area contributed by atoms with Crippen LogP contribution in [-0.4, -0.2) is 88.0 Å². The van der Waals surface area contributed by atoms with Crippen LogP contribution in [0.3, 0.4) is 0 Å². The lowest BCUT2D eigenvalue weighted by atomic mass is 10.0. The first kappa shape index (κ1) is 38.6. The van der Waals surface area contributed by atoms with Crippen LogP contribution in [0.25, 0.3) is 0 Å². The molecule has 5 amide bonds. The number of rotatable bonds is 16. The smallest absolute Gasteiger partial charge is 0.339 e. The van der Waals surface area contributed by atoms with Gasteiger partial charge in [-0.2, -0.15) is 0 Å². The van der Waals surface area contributed by atoms with Gasteiger partial charge in [0.15, 0.2) is 0 Å². The Labute approximate surface area is 310 Å². The van der Waals surface area contributed by atoms with Gasteiger partial charge < -0.3 is 25.8 Å². The Morgan fingerprint density at radius 3 is 2.12 bits per heavy atom. The lowest BCUT2D eigenvalue weighted by Crippen LogP contribution is -3.41. The number of benzene rings is 3. The zero-order valence-electron chi connectivity index (χ0n) is 29.2. The van der Waals surface area contributed by atoms with E-state index in [9.17, 15) is 19.2 Å². The molecule has 1 aliphatic rings. The number of likely N-dealkylation sites (N-methyl/N-ethyl adjacent to an activating group) is 1. The second-order valence-corrected chi connectivity index (χ2v) is 14.2. The number of urea groups is 1. The Morgan fingerprint density at radius 1 is 0.920 bits per heavy atom. The van der Waals surface area contributed by atoms with Crippen LogP contribution in [0.2, 0.25) is 0 Å². The van der Waals surface area contributed by atoms with E-state index in [1.807, 2.05) is 105 Å². The highest BCUT2D eigenvalue weighted by Crippen LogP contribution is 2.22. The van der Waals surface area contributed by atoms with Gasteiger partial charge in [-0.1, -0.05) is 100 Å². The van der Waals surface area contributed by atoms with Gasteiger partial charge in [-0.05, 0) is 56.2 Å².